The fraction of sp³-hybridized carbons (Fsp3) is 0.286. The Morgan fingerprint density at radius 1 is 1.03 bits per heavy atom. The summed E-state index contributed by atoms with van der Waals surface area (Å²) in [7, 11) is 0. The molecule has 2 aromatic heterocycles. The Morgan fingerprint density at radius 2 is 1.78 bits per heavy atom. The third-order valence-corrected chi connectivity index (χ3v) is 7.34. The quantitative estimate of drug-likeness (QED) is 0.362. The van der Waals surface area contributed by atoms with Crippen molar-refractivity contribution in [1.29, 1.82) is 0 Å². The van der Waals surface area contributed by atoms with Gasteiger partial charge in [-0.1, -0.05) is 41.4 Å². The van der Waals surface area contributed by atoms with E-state index in [9.17, 15) is 4.79 Å². The summed E-state index contributed by atoms with van der Waals surface area (Å²) in [5.74, 6) is 1.52. The summed E-state index contributed by atoms with van der Waals surface area (Å²) in [6.45, 7) is 5.18. The minimum atomic E-state index is -0.146. The van der Waals surface area contributed by atoms with Crippen molar-refractivity contribution in [3.8, 4) is 16.9 Å². The van der Waals surface area contributed by atoms with Gasteiger partial charge in [0.2, 0.25) is 0 Å². The molecule has 0 saturated carbocycles. The maximum Gasteiger partial charge on any atom is 0.251 e. The number of morpholine rings is 1. The van der Waals surface area contributed by atoms with Crippen LogP contribution in [0, 0.1) is 6.92 Å². The average molecular weight is 537 g/mol. The lowest BCUT2D eigenvalue weighted by Crippen LogP contribution is -2.38. The van der Waals surface area contributed by atoms with Gasteiger partial charge in [-0.3, -0.25) is 4.79 Å². The standard InChI is InChI=1S/C28H26Cl2N4O3/c1-17-27(18-12-20(29)16-21(30)13-18)24-14-19(15-26(34(24)32-17)33-7-10-36-11-8-33)28(35)31-23-6-9-37-25-5-3-2-4-22(23)25/h2-5,12-16,23H,6-11H2,1H3,(H,31,35)/t23-/m0/s1. The second-order valence-electron chi connectivity index (χ2n) is 9.32. The Hall–Kier alpha value is -3.26. The van der Waals surface area contributed by atoms with E-state index in [-0.39, 0.29) is 11.9 Å². The van der Waals surface area contributed by atoms with Crippen LogP contribution >= 0.6 is 23.2 Å². The lowest BCUT2D eigenvalue weighted by Gasteiger charge is -2.30. The molecule has 2 aliphatic heterocycles. The Bertz CT molecular complexity index is 1480. The van der Waals surface area contributed by atoms with E-state index >= 15 is 0 Å². The van der Waals surface area contributed by atoms with E-state index in [1.165, 1.54) is 0 Å². The van der Waals surface area contributed by atoms with Crippen LogP contribution in [0.25, 0.3) is 16.6 Å². The van der Waals surface area contributed by atoms with Crippen LogP contribution in [0.3, 0.4) is 0 Å². The highest BCUT2D eigenvalue weighted by Crippen LogP contribution is 2.36. The number of aryl methyl sites for hydroxylation is 1. The van der Waals surface area contributed by atoms with Gasteiger partial charge in [0.05, 0.1) is 37.1 Å². The van der Waals surface area contributed by atoms with Gasteiger partial charge in [0.1, 0.15) is 11.6 Å². The predicted octanol–water partition coefficient (Wildman–Crippen LogP) is 5.71. The first-order valence-corrected chi connectivity index (χ1v) is 13.1. The average Bonchev–Trinajstić information content (AvgIpc) is 3.24. The molecular formula is C28H26Cl2N4O3. The van der Waals surface area contributed by atoms with Gasteiger partial charge in [-0.15, -0.1) is 0 Å². The molecule has 1 N–H and O–H groups in total. The van der Waals surface area contributed by atoms with Gasteiger partial charge in [0, 0.05) is 46.2 Å². The number of ether oxygens (including phenoxy) is 2. The summed E-state index contributed by atoms with van der Waals surface area (Å²) >= 11 is 12.7. The molecule has 2 aromatic carbocycles. The summed E-state index contributed by atoms with van der Waals surface area (Å²) in [6, 6.07) is 17.0. The minimum absolute atomic E-state index is 0.127. The summed E-state index contributed by atoms with van der Waals surface area (Å²) in [5.41, 5.74) is 4.94. The number of nitrogens with one attached hydrogen (secondary N) is 1. The van der Waals surface area contributed by atoms with Gasteiger partial charge in [-0.05, 0) is 48.9 Å². The van der Waals surface area contributed by atoms with Crippen molar-refractivity contribution in [2.24, 2.45) is 0 Å². The van der Waals surface area contributed by atoms with Crippen LogP contribution in [-0.4, -0.2) is 48.4 Å². The number of fused-ring (bicyclic) bond motifs is 2. The number of carbonyl (C=O) groups is 1. The molecule has 4 aromatic rings. The SMILES string of the molecule is Cc1nn2c(N3CCOCC3)cc(C(=O)N[C@H]3CCOc4ccccc43)cc2c1-c1cc(Cl)cc(Cl)c1. The van der Waals surface area contributed by atoms with E-state index in [4.69, 9.17) is 37.8 Å². The summed E-state index contributed by atoms with van der Waals surface area (Å²) in [5, 5.41) is 9.19. The van der Waals surface area contributed by atoms with Crippen molar-refractivity contribution in [3.63, 3.8) is 0 Å². The van der Waals surface area contributed by atoms with Gasteiger partial charge in [-0.2, -0.15) is 5.10 Å². The van der Waals surface area contributed by atoms with E-state index in [2.05, 4.69) is 10.2 Å². The zero-order valence-corrected chi connectivity index (χ0v) is 21.9. The van der Waals surface area contributed by atoms with E-state index in [0.717, 1.165) is 39.5 Å². The molecule has 37 heavy (non-hydrogen) atoms. The van der Waals surface area contributed by atoms with Crippen molar-refractivity contribution in [1.82, 2.24) is 14.9 Å². The molecule has 7 nitrogen and oxygen atoms in total. The zero-order chi connectivity index (χ0) is 25.5. The van der Waals surface area contributed by atoms with E-state index in [0.29, 0.717) is 54.9 Å². The number of benzene rings is 2. The first kappa shape index (κ1) is 24.1. The monoisotopic (exact) mass is 536 g/mol. The topological polar surface area (TPSA) is 68.1 Å². The summed E-state index contributed by atoms with van der Waals surface area (Å²) in [4.78, 5) is 15.9. The maximum atomic E-state index is 13.7. The number of anilines is 1. The molecule has 1 saturated heterocycles. The first-order valence-electron chi connectivity index (χ1n) is 12.3. The molecule has 2 aliphatic rings. The molecule has 0 aliphatic carbocycles. The van der Waals surface area contributed by atoms with Crippen LogP contribution in [0.5, 0.6) is 5.75 Å². The third-order valence-electron chi connectivity index (χ3n) is 6.90. The highest BCUT2D eigenvalue weighted by atomic mass is 35.5. The van der Waals surface area contributed by atoms with Crippen LogP contribution in [0.2, 0.25) is 10.0 Å². The number of aromatic nitrogens is 2. The fourth-order valence-electron chi connectivity index (χ4n) is 5.18. The molecular weight excluding hydrogens is 511 g/mol. The molecule has 1 atom stereocenters. The number of amides is 1. The Labute approximate surface area is 224 Å². The largest absolute Gasteiger partial charge is 0.493 e. The summed E-state index contributed by atoms with van der Waals surface area (Å²) in [6.07, 6.45) is 0.708. The van der Waals surface area contributed by atoms with Gasteiger partial charge >= 0.3 is 0 Å². The Balaban J connectivity index is 1.46. The van der Waals surface area contributed by atoms with Crippen LogP contribution in [0.15, 0.2) is 54.6 Å². The Kier molecular flexibility index (Phi) is 6.44. The number of carbonyl (C=O) groups excluding carboxylic acids is 1. The Morgan fingerprint density at radius 3 is 2.57 bits per heavy atom. The summed E-state index contributed by atoms with van der Waals surface area (Å²) < 4.78 is 13.3. The third kappa shape index (κ3) is 4.63. The molecule has 0 radical (unpaired) electrons. The number of hydrogen-bond acceptors (Lipinski definition) is 5. The molecule has 1 fully saturated rings. The fourth-order valence-corrected chi connectivity index (χ4v) is 5.71. The van der Waals surface area contributed by atoms with Gasteiger partial charge in [0.25, 0.3) is 5.91 Å². The second kappa shape index (κ2) is 9.89. The number of para-hydroxylation sites is 1. The molecule has 4 heterocycles. The minimum Gasteiger partial charge on any atom is -0.493 e. The van der Waals surface area contributed by atoms with E-state index in [1.54, 1.807) is 6.07 Å². The molecule has 0 spiro atoms. The van der Waals surface area contributed by atoms with Crippen molar-refractivity contribution in [2.75, 3.05) is 37.8 Å². The van der Waals surface area contributed by atoms with Gasteiger partial charge < -0.3 is 19.7 Å². The van der Waals surface area contributed by atoms with Crippen molar-refractivity contribution >= 4 is 40.4 Å². The lowest BCUT2D eigenvalue weighted by atomic mass is 10.00. The lowest BCUT2D eigenvalue weighted by molar-refractivity contribution is 0.0924. The van der Waals surface area contributed by atoms with Crippen LogP contribution in [0.1, 0.15) is 34.1 Å². The highest BCUT2D eigenvalue weighted by Gasteiger charge is 2.26. The highest BCUT2D eigenvalue weighted by molar-refractivity contribution is 6.35. The zero-order valence-electron chi connectivity index (χ0n) is 20.3. The molecule has 9 heteroatoms. The normalized spacial score (nSPS) is 17.4. The van der Waals surface area contributed by atoms with Crippen LogP contribution in [0.4, 0.5) is 5.82 Å². The number of pyridine rings is 1. The van der Waals surface area contributed by atoms with Crippen molar-refractivity contribution < 1.29 is 14.3 Å². The number of halogens is 2. The molecule has 190 valence electrons. The smallest absolute Gasteiger partial charge is 0.251 e. The molecule has 0 bridgehead atoms. The van der Waals surface area contributed by atoms with Crippen LogP contribution in [-0.2, 0) is 4.74 Å². The molecule has 1 amide bonds. The number of nitrogens with zero attached hydrogens (tertiary/aromatic N) is 3. The van der Waals surface area contributed by atoms with Gasteiger partial charge in [0.15, 0.2) is 0 Å². The number of rotatable bonds is 4. The predicted molar refractivity (Wildman–Crippen MR) is 145 cm³/mol. The maximum absolute atomic E-state index is 13.7. The van der Waals surface area contributed by atoms with Crippen molar-refractivity contribution in [3.05, 3.63) is 81.5 Å². The second-order valence-corrected chi connectivity index (χ2v) is 10.2. The van der Waals surface area contributed by atoms with E-state index < -0.39 is 0 Å². The molecule has 0 unspecified atom stereocenters. The van der Waals surface area contributed by atoms with Crippen LogP contribution < -0.4 is 15.0 Å². The van der Waals surface area contributed by atoms with Crippen molar-refractivity contribution in [2.45, 2.75) is 19.4 Å². The van der Waals surface area contributed by atoms with E-state index in [1.807, 2.05) is 60.0 Å². The first-order chi connectivity index (χ1) is 18.0. The number of hydrogen-bond donors (Lipinski definition) is 1. The van der Waals surface area contributed by atoms with Gasteiger partial charge in [-0.25, -0.2) is 4.52 Å². The molecule has 6 rings (SSSR count).